The Labute approximate surface area is 160 Å². The van der Waals surface area contributed by atoms with Crippen molar-refractivity contribution in [1.29, 1.82) is 0 Å². The minimum absolute atomic E-state index is 0.217. The Morgan fingerprint density at radius 1 is 1.22 bits per heavy atom. The van der Waals surface area contributed by atoms with Gasteiger partial charge in [0, 0.05) is 19.2 Å². The monoisotopic (exact) mass is 385 g/mol. The van der Waals surface area contributed by atoms with E-state index in [1.54, 1.807) is 6.07 Å². The summed E-state index contributed by atoms with van der Waals surface area (Å²) in [5, 5.41) is 8.67. The van der Waals surface area contributed by atoms with Gasteiger partial charge < -0.3 is 19.5 Å². The van der Waals surface area contributed by atoms with Crippen LogP contribution in [-0.4, -0.2) is 47.3 Å². The maximum absolute atomic E-state index is 12.6. The predicted molar refractivity (Wildman–Crippen MR) is 102 cm³/mol. The fraction of sp³-hybridized carbons (Fsp3) is 0.333. The van der Waals surface area contributed by atoms with Gasteiger partial charge in [0.1, 0.15) is 0 Å². The number of carbonyl (C=O) groups is 1. The Kier molecular flexibility index (Phi) is 4.87. The zero-order valence-corrected chi connectivity index (χ0v) is 15.9. The van der Waals surface area contributed by atoms with Crippen LogP contribution in [0.5, 0.6) is 0 Å². The first-order valence-corrected chi connectivity index (χ1v) is 9.49. The Bertz CT molecular complexity index is 925. The molecule has 0 unspecified atom stereocenters. The van der Waals surface area contributed by atoms with Gasteiger partial charge in [0.2, 0.25) is 5.95 Å². The average molecular weight is 385 g/mol. The van der Waals surface area contributed by atoms with E-state index in [0.29, 0.717) is 42.0 Å². The van der Waals surface area contributed by atoms with Crippen molar-refractivity contribution in [1.82, 2.24) is 15.1 Å². The van der Waals surface area contributed by atoms with Crippen LogP contribution in [-0.2, 0) is 4.74 Å². The minimum Gasteiger partial charge on any atom is -0.378 e. The molecule has 1 aliphatic rings. The lowest BCUT2D eigenvalue weighted by molar-refractivity contribution is 0.101. The van der Waals surface area contributed by atoms with Gasteiger partial charge in [-0.3, -0.25) is 4.79 Å². The highest BCUT2D eigenvalue weighted by Gasteiger charge is 2.20. The smallest absolute Gasteiger partial charge is 0.277 e. The minimum atomic E-state index is -0.351. The van der Waals surface area contributed by atoms with Gasteiger partial charge in [-0.25, -0.2) is 9.97 Å². The van der Waals surface area contributed by atoms with Crippen molar-refractivity contribution in [2.75, 3.05) is 36.5 Å². The van der Waals surface area contributed by atoms with E-state index in [-0.39, 0.29) is 11.6 Å². The summed E-state index contributed by atoms with van der Waals surface area (Å²) in [5.41, 5.74) is 2.23. The van der Waals surface area contributed by atoms with Gasteiger partial charge in [-0.05, 0) is 25.3 Å². The molecular formula is C18H19N5O3S. The van der Waals surface area contributed by atoms with E-state index < -0.39 is 0 Å². The molecule has 3 aromatic heterocycles. The molecule has 4 heterocycles. The third-order valence-electron chi connectivity index (χ3n) is 4.30. The third kappa shape index (κ3) is 3.69. The van der Waals surface area contributed by atoms with Gasteiger partial charge >= 0.3 is 0 Å². The molecule has 0 aromatic carbocycles. The number of amides is 1. The number of carbonyl (C=O) groups excluding carboxylic acids is 1. The zero-order valence-electron chi connectivity index (χ0n) is 15.1. The molecule has 0 spiro atoms. The third-order valence-corrected chi connectivity index (χ3v) is 5.18. The molecule has 1 N–H and O–H groups in total. The number of nitrogens with one attached hydrogen (secondary N) is 1. The number of nitrogens with zero attached hydrogens (tertiary/aromatic N) is 4. The molecule has 0 bridgehead atoms. The number of aromatic nitrogens is 3. The van der Waals surface area contributed by atoms with Crippen molar-refractivity contribution in [2.45, 2.75) is 13.8 Å². The van der Waals surface area contributed by atoms with Gasteiger partial charge in [0.05, 0.1) is 35.2 Å². The lowest BCUT2D eigenvalue weighted by Gasteiger charge is -2.27. The van der Waals surface area contributed by atoms with E-state index in [4.69, 9.17) is 9.26 Å². The van der Waals surface area contributed by atoms with Crippen LogP contribution in [0.4, 0.5) is 11.6 Å². The fourth-order valence-corrected chi connectivity index (χ4v) is 3.55. The summed E-state index contributed by atoms with van der Waals surface area (Å²) in [6.07, 6.45) is 0. The lowest BCUT2D eigenvalue weighted by atomic mass is 10.2. The molecule has 0 radical (unpaired) electrons. The standard InChI is InChI=1S/C18H19N5O3S/c1-11-16(12(2)20-18(19-11)23-5-7-25-8-6-23)21-17(24)13-10-14(26-22-13)15-4-3-9-27-15/h3-4,9-10H,5-8H2,1-2H3,(H,21,24). The van der Waals surface area contributed by atoms with Crippen LogP contribution in [0.1, 0.15) is 21.9 Å². The van der Waals surface area contributed by atoms with E-state index >= 15 is 0 Å². The fourth-order valence-electron chi connectivity index (χ4n) is 2.88. The number of anilines is 2. The van der Waals surface area contributed by atoms with Crippen LogP contribution < -0.4 is 10.2 Å². The van der Waals surface area contributed by atoms with Crippen molar-refractivity contribution in [2.24, 2.45) is 0 Å². The normalized spacial score (nSPS) is 14.4. The van der Waals surface area contributed by atoms with E-state index in [1.165, 1.54) is 11.3 Å². The van der Waals surface area contributed by atoms with Crippen molar-refractivity contribution < 1.29 is 14.1 Å². The first-order valence-electron chi connectivity index (χ1n) is 8.61. The number of hydrogen-bond donors (Lipinski definition) is 1. The van der Waals surface area contributed by atoms with Crippen LogP contribution in [0.15, 0.2) is 28.1 Å². The molecule has 1 aliphatic heterocycles. The molecule has 0 aliphatic carbocycles. The van der Waals surface area contributed by atoms with Gasteiger partial charge in [0.25, 0.3) is 5.91 Å². The highest BCUT2D eigenvalue weighted by atomic mass is 32.1. The molecule has 8 nitrogen and oxygen atoms in total. The predicted octanol–water partition coefficient (Wildman–Crippen LogP) is 2.90. The van der Waals surface area contributed by atoms with Crippen molar-refractivity contribution >= 4 is 28.9 Å². The molecule has 140 valence electrons. The highest BCUT2D eigenvalue weighted by Crippen LogP contribution is 2.26. The van der Waals surface area contributed by atoms with Crippen LogP contribution in [0.25, 0.3) is 10.6 Å². The summed E-state index contributed by atoms with van der Waals surface area (Å²) >= 11 is 1.53. The van der Waals surface area contributed by atoms with E-state index in [9.17, 15) is 4.79 Å². The molecule has 0 atom stereocenters. The lowest BCUT2D eigenvalue weighted by Crippen LogP contribution is -2.37. The number of thiophene rings is 1. The summed E-state index contributed by atoms with van der Waals surface area (Å²) in [4.78, 5) is 24.7. The number of hydrogen-bond acceptors (Lipinski definition) is 8. The molecule has 3 aromatic rings. The SMILES string of the molecule is Cc1nc(N2CCOCC2)nc(C)c1NC(=O)c1cc(-c2cccs2)on1. The quantitative estimate of drug-likeness (QED) is 0.738. The molecular weight excluding hydrogens is 366 g/mol. The number of morpholine rings is 1. The Balaban J connectivity index is 1.52. The number of ether oxygens (including phenoxy) is 1. The second kappa shape index (κ2) is 7.45. The van der Waals surface area contributed by atoms with E-state index in [0.717, 1.165) is 18.0 Å². The van der Waals surface area contributed by atoms with Gasteiger partial charge in [-0.1, -0.05) is 11.2 Å². The molecule has 4 rings (SSSR count). The second-order valence-corrected chi connectivity index (χ2v) is 7.12. The van der Waals surface area contributed by atoms with Crippen LogP contribution in [0.3, 0.4) is 0 Å². The van der Waals surface area contributed by atoms with Gasteiger partial charge in [-0.2, -0.15) is 0 Å². The Morgan fingerprint density at radius 3 is 2.63 bits per heavy atom. The molecule has 1 saturated heterocycles. The molecule has 1 fully saturated rings. The summed E-state index contributed by atoms with van der Waals surface area (Å²) in [5.74, 6) is 0.880. The molecule has 9 heteroatoms. The Hall–Kier alpha value is -2.78. The summed E-state index contributed by atoms with van der Waals surface area (Å²) in [6, 6.07) is 5.47. The Morgan fingerprint density at radius 2 is 1.96 bits per heavy atom. The topological polar surface area (TPSA) is 93.4 Å². The van der Waals surface area contributed by atoms with Crippen LogP contribution in [0, 0.1) is 13.8 Å². The maximum atomic E-state index is 12.6. The van der Waals surface area contributed by atoms with Crippen molar-refractivity contribution in [3.05, 3.63) is 40.7 Å². The maximum Gasteiger partial charge on any atom is 0.277 e. The second-order valence-electron chi connectivity index (χ2n) is 6.18. The summed E-state index contributed by atoms with van der Waals surface area (Å²) in [6.45, 7) is 6.56. The first-order chi connectivity index (χ1) is 13.1. The molecule has 27 heavy (non-hydrogen) atoms. The summed E-state index contributed by atoms with van der Waals surface area (Å²) in [7, 11) is 0. The van der Waals surface area contributed by atoms with Gasteiger partial charge in [-0.15, -0.1) is 11.3 Å². The first kappa shape index (κ1) is 17.6. The average Bonchev–Trinajstić information content (AvgIpc) is 3.36. The number of rotatable bonds is 4. The van der Waals surface area contributed by atoms with E-state index in [1.807, 2.05) is 31.4 Å². The zero-order chi connectivity index (χ0) is 18.8. The van der Waals surface area contributed by atoms with Crippen LogP contribution in [0.2, 0.25) is 0 Å². The van der Waals surface area contributed by atoms with E-state index in [2.05, 4.69) is 25.3 Å². The highest BCUT2D eigenvalue weighted by molar-refractivity contribution is 7.13. The molecule has 1 amide bonds. The molecule has 0 saturated carbocycles. The van der Waals surface area contributed by atoms with Crippen molar-refractivity contribution in [3.8, 4) is 10.6 Å². The van der Waals surface area contributed by atoms with Gasteiger partial charge in [0.15, 0.2) is 11.5 Å². The number of aryl methyl sites for hydroxylation is 2. The van der Waals surface area contributed by atoms with Crippen LogP contribution >= 0.6 is 11.3 Å². The van der Waals surface area contributed by atoms with Crippen molar-refractivity contribution in [3.63, 3.8) is 0 Å². The largest absolute Gasteiger partial charge is 0.378 e. The summed E-state index contributed by atoms with van der Waals surface area (Å²) < 4.78 is 10.6.